The first-order valence-corrected chi connectivity index (χ1v) is 9.08. The van der Waals surface area contributed by atoms with Gasteiger partial charge in [0.25, 0.3) is 0 Å². The first kappa shape index (κ1) is 16.1. The highest BCUT2D eigenvalue weighted by molar-refractivity contribution is 9.09. The minimum absolute atomic E-state index is 0.448. The van der Waals surface area contributed by atoms with Crippen LogP contribution in [-0.2, 0) is 13.0 Å². The third kappa shape index (κ3) is 3.66. The quantitative estimate of drug-likeness (QED) is 0.700. The van der Waals surface area contributed by atoms with Crippen molar-refractivity contribution in [3.05, 3.63) is 18.0 Å². The van der Waals surface area contributed by atoms with E-state index >= 15 is 0 Å². The summed E-state index contributed by atoms with van der Waals surface area (Å²) in [4.78, 5) is 0. The molecule has 2 nitrogen and oxygen atoms in total. The Hall–Kier alpha value is -0.310. The summed E-state index contributed by atoms with van der Waals surface area (Å²) in [6.45, 7) is 10.3. The molecule has 0 atom stereocenters. The lowest BCUT2D eigenvalue weighted by molar-refractivity contribution is 0.103. The van der Waals surface area contributed by atoms with E-state index in [4.69, 9.17) is 0 Å². The molecule has 1 heterocycles. The van der Waals surface area contributed by atoms with Crippen molar-refractivity contribution in [2.24, 2.45) is 16.7 Å². The highest BCUT2D eigenvalue weighted by Gasteiger charge is 2.38. The normalized spacial score (nSPS) is 27.8. The fourth-order valence-corrected chi connectivity index (χ4v) is 4.32. The number of halogens is 1. The van der Waals surface area contributed by atoms with E-state index in [9.17, 15) is 0 Å². The van der Waals surface area contributed by atoms with Crippen molar-refractivity contribution >= 4 is 15.9 Å². The second kappa shape index (κ2) is 6.21. The molecule has 114 valence electrons. The summed E-state index contributed by atoms with van der Waals surface area (Å²) >= 11 is 3.79. The zero-order valence-electron chi connectivity index (χ0n) is 13.5. The minimum atomic E-state index is 0.448. The van der Waals surface area contributed by atoms with E-state index < -0.39 is 0 Å². The number of hydrogen-bond acceptors (Lipinski definition) is 1. The summed E-state index contributed by atoms with van der Waals surface area (Å²) in [5, 5.41) is 5.54. The van der Waals surface area contributed by atoms with Crippen LogP contribution >= 0.6 is 15.9 Å². The van der Waals surface area contributed by atoms with Crippen molar-refractivity contribution in [2.45, 2.75) is 66.3 Å². The van der Waals surface area contributed by atoms with E-state index in [1.54, 1.807) is 0 Å². The molecule has 1 aromatic rings. The first-order chi connectivity index (χ1) is 9.38. The van der Waals surface area contributed by atoms with Crippen LogP contribution in [0.3, 0.4) is 0 Å². The molecule has 0 amide bonds. The SMILES string of the molecule is CCn1cc(CC2(CBr)CCC(C(C)(C)C)CC2)cn1. The smallest absolute Gasteiger partial charge is 0.0521 e. The van der Waals surface area contributed by atoms with E-state index in [0.717, 1.165) is 17.8 Å². The average Bonchev–Trinajstić information content (AvgIpc) is 2.85. The molecule has 0 bridgehead atoms. The van der Waals surface area contributed by atoms with Crippen molar-refractivity contribution < 1.29 is 0 Å². The Balaban J connectivity index is 2.01. The lowest BCUT2D eigenvalue weighted by Crippen LogP contribution is -2.35. The molecule has 20 heavy (non-hydrogen) atoms. The van der Waals surface area contributed by atoms with Crippen molar-refractivity contribution in [3.63, 3.8) is 0 Å². The molecule has 0 radical (unpaired) electrons. The predicted octanol–water partition coefficient (Wildman–Crippen LogP) is 5.06. The molecule has 3 heteroatoms. The molecule has 0 aliphatic heterocycles. The fraction of sp³-hybridized carbons (Fsp3) is 0.824. The predicted molar refractivity (Wildman–Crippen MR) is 89.2 cm³/mol. The van der Waals surface area contributed by atoms with Gasteiger partial charge in [0, 0.05) is 18.1 Å². The maximum Gasteiger partial charge on any atom is 0.0521 e. The molecular weight excluding hydrogens is 312 g/mol. The second-order valence-electron chi connectivity index (χ2n) is 7.65. The molecule has 0 aromatic carbocycles. The number of aryl methyl sites for hydroxylation is 1. The maximum absolute atomic E-state index is 4.42. The third-order valence-corrected chi connectivity index (χ3v) is 6.33. The van der Waals surface area contributed by atoms with E-state index in [0.29, 0.717) is 10.8 Å². The van der Waals surface area contributed by atoms with Crippen molar-refractivity contribution in [1.82, 2.24) is 9.78 Å². The van der Waals surface area contributed by atoms with Crippen LogP contribution in [-0.4, -0.2) is 15.1 Å². The molecule has 1 aliphatic rings. The topological polar surface area (TPSA) is 17.8 Å². The van der Waals surface area contributed by atoms with Gasteiger partial charge in [-0.2, -0.15) is 5.10 Å². The van der Waals surface area contributed by atoms with Gasteiger partial charge >= 0.3 is 0 Å². The lowest BCUT2D eigenvalue weighted by Gasteiger charge is -2.43. The van der Waals surface area contributed by atoms with E-state index in [1.807, 2.05) is 4.68 Å². The highest BCUT2D eigenvalue weighted by Crippen LogP contribution is 2.47. The number of alkyl halides is 1. The monoisotopic (exact) mass is 340 g/mol. The zero-order valence-corrected chi connectivity index (χ0v) is 15.0. The Morgan fingerprint density at radius 1 is 1.35 bits per heavy atom. The molecule has 1 aromatic heterocycles. The summed E-state index contributed by atoms with van der Waals surface area (Å²) in [7, 11) is 0. The molecule has 1 fully saturated rings. The number of nitrogens with zero attached hydrogens (tertiary/aromatic N) is 2. The Bertz CT molecular complexity index is 422. The van der Waals surface area contributed by atoms with Crippen molar-refractivity contribution in [1.29, 1.82) is 0 Å². The average molecular weight is 341 g/mol. The summed E-state index contributed by atoms with van der Waals surface area (Å²) in [5.41, 5.74) is 2.31. The molecule has 0 unspecified atom stereocenters. The van der Waals surface area contributed by atoms with Crippen LogP contribution in [0.15, 0.2) is 12.4 Å². The third-order valence-electron chi connectivity index (χ3n) is 5.14. The highest BCUT2D eigenvalue weighted by atomic mass is 79.9. The Morgan fingerprint density at radius 3 is 2.45 bits per heavy atom. The number of hydrogen-bond donors (Lipinski definition) is 0. The summed E-state index contributed by atoms with van der Waals surface area (Å²) in [5.74, 6) is 0.882. The van der Waals surface area contributed by atoms with Gasteiger partial charge in [0.15, 0.2) is 0 Å². The van der Waals surface area contributed by atoms with Crippen LogP contribution in [0.25, 0.3) is 0 Å². The van der Waals surface area contributed by atoms with Gasteiger partial charge in [-0.15, -0.1) is 0 Å². The molecule has 0 saturated heterocycles. The number of aromatic nitrogens is 2. The van der Waals surface area contributed by atoms with Gasteiger partial charge in [-0.25, -0.2) is 0 Å². The first-order valence-electron chi connectivity index (χ1n) is 7.96. The van der Waals surface area contributed by atoms with E-state index in [1.165, 1.54) is 37.7 Å². The van der Waals surface area contributed by atoms with Crippen LogP contribution in [0.5, 0.6) is 0 Å². The summed E-state index contributed by atoms with van der Waals surface area (Å²) in [6, 6.07) is 0. The van der Waals surface area contributed by atoms with Crippen LogP contribution < -0.4 is 0 Å². The van der Waals surface area contributed by atoms with Crippen LogP contribution in [0.2, 0.25) is 0 Å². The van der Waals surface area contributed by atoms with Gasteiger partial charge < -0.3 is 0 Å². The minimum Gasteiger partial charge on any atom is -0.273 e. The van der Waals surface area contributed by atoms with Gasteiger partial charge in [0.2, 0.25) is 0 Å². The molecule has 1 aliphatic carbocycles. The summed E-state index contributed by atoms with van der Waals surface area (Å²) in [6.07, 6.45) is 10.9. The lowest BCUT2D eigenvalue weighted by atomic mass is 9.63. The van der Waals surface area contributed by atoms with Gasteiger partial charge in [-0.1, -0.05) is 36.7 Å². The van der Waals surface area contributed by atoms with Crippen LogP contribution in [0.4, 0.5) is 0 Å². The second-order valence-corrected chi connectivity index (χ2v) is 8.22. The Labute approximate surface area is 132 Å². The standard InChI is InChI=1S/C17H29BrN2/c1-5-20-12-14(11-19-20)10-17(13-18)8-6-15(7-9-17)16(2,3)4/h11-12,15H,5-10,13H2,1-4H3. The van der Waals surface area contributed by atoms with E-state index in [-0.39, 0.29) is 0 Å². The molecular formula is C17H29BrN2. The van der Waals surface area contributed by atoms with Crippen LogP contribution in [0.1, 0.15) is 58.9 Å². The largest absolute Gasteiger partial charge is 0.273 e. The van der Waals surface area contributed by atoms with Gasteiger partial charge in [0.05, 0.1) is 6.20 Å². The zero-order chi connectivity index (χ0) is 14.8. The molecule has 1 saturated carbocycles. The van der Waals surface area contributed by atoms with E-state index in [2.05, 4.69) is 61.1 Å². The van der Waals surface area contributed by atoms with Gasteiger partial charge in [-0.3, -0.25) is 4.68 Å². The van der Waals surface area contributed by atoms with Crippen molar-refractivity contribution in [3.8, 4) is 0 Å². The van der Waals surface area contributed by atoms with Crippen molar-refractivity contribution in [2.75, 3.05) is 5.33 Å². The van der Waals surface area contributed by atoms with Gasteiger partial charge in [0.1, 0.15) is 0 Å². The number of rotatable bonds is 4. The Morgan fingerprint density at radius 2 is 2.00 bits per heavy atom. The Kier molecular flexibility index (Phi) is 4.99. The fourth-order valence-electron chi connectivity index (χ4n) is 3.56. The maximum atomic E-state index is 4.42. The van der Waals surface area contributed by atoms with Crippen LogP contribution in [0, 0.1) is 16.7 Å². The van der Waals surface area contributed by atoms with Gasteiger partial charge in [-0.05, 0) is 61.3 Å². The summed E-state index contributed by atoms with van der Waals surface area (Å²) < 4.78 is 2.04. The molecule has 0 spiro atoms. The molecule has 0 N–H and O–H groups in total. The molecule has 2 rings (SSSR count).